The zero-order valence-electron chi connectivity index (χ0n) is 13.3. The summed E-state index contributed by atoms with van der Waals surface area (Å²) in [6, 6.07) is 8.74. The molecular formula is C17H19N3O4. The van der Waals surface area contributed by atoms with Crippen molar-refractivity contribution in [3.63, 3.8) is 0 Å². The summed E-state index contributed by atoms with van der Waals surface area (Å²) >= 11 is 0. The van der Waals surface area contributed by atoms with E-state index >= 15 is 0 Å². The van der Waals surface area contributed by atoms with Gasteiger partial charge in [-0.15, -0.1) is 0 Å². The van der Waals surface area contributed by atoms with Crippen LogP contribution in [0.4, 0.5) is 0 Å². The number of carbonyl (C=O) groups excluding carboxylic acids is 1. The molecule has 0 saturated heterocycles. The molecule has 1 atom stereocenters. The summed E-state index contributed by atoms with van der Waals surface area (Å²) in [4.78, 5) is 37.2. The van der Waals surface area contributed by atoms with E-state index in [1.54, 1.807) is 7.11 Å². The number of benzene rings is 1. The molecule has 0 bridgehead atoms. The lowest BCUT2D eigenvalue weighted by Crippen LogP contribution is -2.37. The highest BCUT2D eigenvalue weighted by molar-refractivity contribution is 5.76. The number of amides is 1. The molecule has 1 amide bonds. The van der Waals surface area contributed by atoms with Crippen LogP contribution in [-0.2, 0) is 11.3 Å². The third-order valence-corrected chi connectivity index (χ3v) is 4.10. The minimum atomic E-state index is -0.593. The first-order valence-corrected chi connectivity index (χ1v) is 7.80. The van der Waals surface area contributed by atoms with Gasteiger partial charge in [-0.05, 0) is 36.5 Å². The molecule has 2 N–H and O–H groups in total. The SMILES string of the molecule is COc1ccc([C@@H](NC(=O)Cn2ccc(=O)[nH]c2=O)C2CC2)cc1. The molecule has 0 aliphatic heterocycles. The normalized spacial score (nSPS) is 14.9. The number of H-pyrrole nitrogens is 1. The minimum absolute atomic E-state index is 0.0816. The molecule has 7 heteroatoms. The molecule has 1 aliphatic rings. The summed E-state index contributed by atoms with van der Waals surface area (Å²) in [5, 5.41) is 2.99. The van der Waals surface area contributed by atoms with Crippen LogP contribution in [0.25, 0.3) is 0 Å². The second-order valence-corrected chi connectivity index (χ2v) is 5.89. The lowest BCUT2D eigenvalue weighted by atomic mass is 10.0. The maximum atomic E-state index is 12.3. The topological polar surface area (TPSA) is 93.2 Å². The highest BCUT2D eigenvalue weighted by atomic mass is 16.5. The molecule has 1 aliphatic carbocycles. The Morgan fingerprint density at radius 3 is 2.58 bits per heavy atom. The standard InChI is InChI=1S/C17H19N3O4/c1-24-13-6-4-12(5-7-13)16(11-2-3-11)18-15(22)10-20-9-8-14(21)19-17(20)23/h4-9,11,16H,2-3,10H2,1H3,(H,18,22)(H,19,21,23)/t16-/m0/s1. The van der Waals surface area contributed by atoms with Gasteiger partial charge in [-0.1, -0.05) is 12.1 Å². The zero-order chi connectivity index (χ0) is 17.1. The second kappa shape index (κ2) is 6.74. The predicted octanol–water partition coefficient (Wildman–Crippen LogP) is 0.813. The van der Waals surface area contributed by atoms with Crippen molar-refractivity contribution in [1.29, 1.82) is 0 Å². The fraction of sp³-hybridized carbons (Fsp3) is 0.353. The molecule has 24 heavy (non-hydrogen) atoms. The number of aromatic nitrogens is 2. The molecule has 1 aromatic carbocycles. The van der Waals surface area contributed by atoms with Gasteiger partial charge in [-0.3, -0.25) is 19.1 Å². The number of carbonyl (C=O) groups is 1. The van der Waals surface area contributed by atoms with Gasteiger partial charge in [-0.2, -0.15) is 0 Å². The molecular weight excluding hydrogens is 310 g/mol. The average Bonchev–Trinajstić information content (AvgIpc) is 3.40. The van der Waals surface area contributed by atoms with Crippen LogP contribution in [0.1, 0.15) is 24.4 Å². The third-order valence-electron chi connectivity index (χ3n) is 4.10. The summed E-state index contributed by atoms with van der Waals surface area (Å²) in [6.07, 6.45) is 3.45. The van der Waals surface area contributed by atoms with E-state index in [0.29, 0.717) is 5.92 Å². The van der Waals surface area contributed by atoms with Crippen LogP contribution in [0.15, 0.2) is 46.1 Å². The Kier molecular flexibility index (Phi) is 4.50. The van der Waals surface area contributed by atoms with E-state index in [1.807, 2.05) is 24.3 Å². The molecule has 7 nitrogen and oxygen atoms in total. The first kappa shape index (κ1) is 16.0. The molecule has 0 spiro atoms. The molecule has 2 aromatic rings. The first-order chi connectivity index (χ1) is 11.6. The Balaban J connectivity index is 1.72. The van der Waals surface area contributed by atoms with E-state index in [9.17, 15) is 14.4 Å². The fourth-order valence-corrected chi connectivity index (χ4v) is 2.66. The van der Waals surface area contributed by atoms with Crippen LogP contribution in [0.5, 0.6) is 5.75 Å². The van der Waals surface area contributed by atoms with Gasteiger partial charge in [0.05, 0.1) is 13.2 Å². The highest BCUT2D eigenvalue weighted by Crippen LogP contribution is 2.41. The van der Waals surface area contributed by atoms with Crippen molar-refractivity contribution in [2.45, 2.75) is 25.4 Å². The quantitative estimate of drug-likeness (QED) is 0.820. The number of ether oxygens (including phenoxy) is 1. The van der Waals surface area contributed by atoms with E-state index in [-0.39, 0.29) is 18.5 Å². The van der Waals surface area contributed by atoms with Crippen molar-refractivity contribution in [1.82, 2.24) is 14.9 Å². The van der Waals surface area contributed by atoms with E-state index in [4.69, 9.17) is 4.74 Å². The maximum absolute atomic E-state index is 12.3. The van der Waals surface area contributed by atoms with Gasteiger partial charge in [0.2, 0.25) is 5.91 Å². The van der Waals surface area contributed by atoms with Gasteiger partial charge in [0.15, 0.2) is 0 Å². The minimum Gasteiger partial charge on any atom is -0.497 e. The Morgan fingerprint density at radius 1 is 1.29 bits per heavy atom. The molecule has 0 radical (unpaired) electrons. The summed E-state index contributed by atoms with van der Waals surface area (Å²) in [6.45, 7) is -0.130. The fourth-order valence-electron chi connectivity index (χ4n) is 2.66. The first-order valence-electron chi connectivity index (χ1n) is 7.80. The Labute approximate surface area is 138 Å². The maximum Gasteiger partial charge on any atom is 0.328 e. The van der Waals surface area contributed by atoms with Crippen LogP contribution < -0.4 is 21.3 Å². The Morgan fingerprint density at radius 2 is 2.00 bits per heavy atom. The number of nitrogens with one attached hydrogen (secondary N) is 2. The van der Waals surface area contributed by atoms with Crippen molar-refractivity contribution in [3.8, 4) is 5.75 Å². The van der Waals surface area contributed by atoms with Crippen LogP contribution in [-0.4, -0.2) is 22.6 Å². The van der Waals surface area contributed by atoms with Crippen molar-refractivity contribution >= 4 is 5.91 Å². The average molecular weight is 329 g/mol. The van der Waals surface area contributed by atoms with Crippen molar-refractivity contribution < 1.29 is 9.53 Å². The van der Waals surface area contributed by atoms with Gasteiger partial charge in [0.1, 0.15) is 12.3 Å². The summed E-state index contributed by atoms with van der Waals surface area (Å²) in [5.41, 5.74) is -0.0590. The molecule has 1 aromatic heterocycles. The summed E-state index contributed by atoms with van der Waals surface area (Å²) in [5.74, 6) is 0.908. The van der Waals surface area contributed by atoms with Gasteiger partial charge >= 0.3 is 5.69 Å². The van der Waals surface area contributed by atoms with E-state index in [2.05, 4.69) is 10.3 Å². The predicted molar refractivity (Wildman–Crippen MR) is 87.9 cm³/mol. The zero-order valence-corrected chi connectivity index (χ0v) is 13.3. The van der Waals surface area contributed by atoms with Gasteiger partial charge in [0.25, 0.3) is 5.56 Å². The number of hydrogen-bond acceptors (Lipinski definition) is 4. The van der Waals surface area contributed by atoms with E-state index < -0.39 is 11.2 Å². The summed E-state index contributed by atoms with van der Waals surface area (Å²) in [7, 11) is 1.61. The number of methoxy groups -OCH3 is 1. The van der Waals surface area contributed by atoms with Gasteiger partial charge in [0, 0.05) is 12.3 Å². The lowest BCUT2D eigenvalue weighted by molar-refractivity contribution is -0.122. The Bertz CT molecular complexity index is 834. The van der Waals surface area contributed by atoms with Crippen molar-refractivity contribution in [2.75, 3.05) is 7.11 Å². The monoisotopic (exact) mass is 329 g/mol. The number of hydrogen-bond donors (Lipinski definition) is 2. The van der Waals surface area contributed by atoms with Crippen molar-refractivity contribution in [3.05, 3.63) is 62.9 Å². The van der Waals surface area contributed by atoms with Crippen LogP contribution >= 0.6 is 0 Å². The van der Waals surface area contributed by atoms with Crippen molar-refractivity contribution in [2.24, 2.45) is 5.92 Å². The molecule has 1 fully saturated rings. The molecule has 126 valence electrons. The van der Waals surface area contributed by atoms with Gasteiger partial charge < -0.3 is 10.1 Å². The molecule has 3 rings (SSSR count). The van der Waals surface area contributed by atoms with Gasteiger partial charge in [-0.25, -0.2) is 4.79 Å². The summed E-state index contributed by atoms with van der Waals surface area (Å²) < 4.78 is 6.33. The Hall–Kier alpha value is -2.83. The van der Waals surface area contributed by atoms with E-state index in [0.717, 1.165) is 24.2 Å². The molecule has 1 heterocycles. The highest BCUT2D eigenvalue weighted by Gasteiger charge is 2.33. The molecule has 1 saturated carbocycles. The second-order valence-electron chi connectivity index (χ2n) is 5.89. The number of aromatic amines is 1. The number of nitrogens with zero attached hydrogens (tertiary/aromatic N) is 1. The largest absolute Gasteiger partial charge is 0.497 e. The third kappa shape index (κ3) is 3.73. The smallest absolute Gasteiger partial charge is 0.328 e. The number of rotatable bonds is 6. The lowest BCUT2D eigenvalue weighted by Gasteiger charge is -2.19. The molecule has 0 unspecified atom stereocenters. The van der Waals surface area contributed by atoms with Crippen LogP contribution in [0, 0.1) is 5.92 Å². The van der Waals surface area contributed by atoms with E-state index in [1.165, 1.54) is 16.8 Å². The van der Waals surface area contributed by atoms with Crippen LogP contribution in [0.3, 0.4) is 0 Å². The van der Waals surface area contributed by atoms with Crippen LogP contribution in [0.2, 0.25) is 0 Å².